The fourth-order valence-electron chi connectivity index (χ4n) is 5.54. The van der Waals surface area contributed by atoms with E-state index in [9.17, 15) is 8.42 Å². The number of nitrogens with zero attached hydrogens (tertiary/aromatic N) is 5. The summed E-state index contributed by atoms with van der Waals surface area (Å²) in [4.78, 5) is 14.5. The third kappa shape index (κ3) is 5.00. The Morgan fingerprint density at radius 1 is 0.941 bits per heavy atom. The van der Waals surface area contributed by atoms with Crippen molar-refractivity contribution in [1.82, 2.24) is 28.5 Å². The molecule has 11 nitrogen and oxygen atoms in total. The minimum absolute atomic E-state index is 0.124. The lowest BCUT2D eigenvalue weighted by Crippen LogP contribution is -2.46. The molecule has 0 radical (unpaired) electrons. The summed E-state index contributed by atoms with van der Waals surface area (Å²) < 4.78 is 30.4. The van der Waals surface area contributed by atoms with Gasteiger partial charge in [0.2, 0.25) is 5.95 Å². The predicted molar refractivity (Wildman–Crippen MR) is 133 cm³/mol. The van der Waals surface area contributed by atoms with E-state index in [2.05, 4.69) is 19.9 Å². The second-order valence-electron chi connectivity index (χ2n) is 9.94. The van der Waals surface area contributed by atoms with Gasteiger partial charge in [-0.15, -0.1) is 0 Å². The highest BCUT2D eigenvalue weighted by Crippen LogP contribution is 2.34. The average molecular weight is 492 g/mol. The SMILES string of the molecule is CNS(=O)(=O)N1CCC(Nc2nc(NC3CCC(N)CC3)nc3c2ncn3C2CCCC2)CC1. The van der Waals surface area contributed by atoms with E-state index in [4.69, 9.17) is 20.7 Å². The van der Waals surface area contributed by atoms with Crippen LogP contribution in [0.3, 0.4) is 0 Å². The fraction of sp³-hybridized carbons (Fsp3) is 0.773. The molecule has 0 unspecified atom stereocenters. The van der Waals surface area contributed by atoms with E-state index < -0.39 is 10.2 Å². The number of aromatic nitrogens is 4. The molecule has 0 aromatic carbocycles. The minimum atomic E-state index is -3.39. The van der Waals surface area contributed by atoms with Crippen LogP contribution >= 0.6 is 0 Å². The summed E-state index contributed by atoms with van der Waals surface area (Å²) in [6, 6.07) is 1.17. The van der Waals surface area contributed by atoms with E-state index in [1.165, 1.54) is 24.2 Å². The highest BCUT2D eigenvalue weighted by molar-refractivity contribution is 7.87. The summed E-state index contributed by atoms with van der Waals surface area (Å²) >= 11 is 0. The summed E-state index contributed by atoms with van der Waals surface area (Å²) in [6.07, 6.45) is 12.2. The molecule has 188 valence electrons. The van der Waals surface area contributed by atoms with Gasteiger partial charge in [0.1, 0.15) is 0 Å². The smallest absolute Gasteiger partial charge is 0.279 e. The van der Waals surface area contributed by atoms with Gasteiger partial charge in [0.15, 0.2) is 17.0 Å². The molecule has 2 aliphatic carbocycles. The molecule has 1 saturated heterocycles. The van der Waals surface area contributed by atoms with E-state index >= 15 is 0 Å². The number of rotatable bonds is 7. The average Bonchev–Trinajstić information content (AvgIpc) is 3.51. The van der Waals surface area contributed by atoms with Crippen molar-refractivity contribution in [2.24, 2.45) is 5.73 Å². The van der Waals surface area contributed by atoms with Gasteiger partial charge in [-0.3, -0.25) is 0 Å². The van der Waals surface area contributed by atoms with Gasteiger partial charge in [0.25, 0.3) is 10.2 Å². The Kier molecular flexibility index (Phi) is 6.92. The number of hydrogen-bond acceptors (Lipinski definition) is 8. The van der Waals surface area contributed by atoms with Crippen LogP contribution in [0.25, 0.3) is 11.2 Å². The summed E-state index contributed by atoms with van der Waals surface area (Å²) in [5.74, 6) is 1.36. The molecule has 5 N–H and O–H groups in total. The van der Waals surface area contributed by atoms with Crippen LogP contribution in [-0.2, 0) is 10.2 Å². The minimum Gasteiger partial charge on any atom is -0.365 e. The van der Waals surface area contributed by atoms with Gasteiger partial charge in [-0.1, -0.05) is 12.8 Å². The first-order valence-electron chi connectivity index (χ1n) is 12.6. The van der Waals surface area contributed by atoms with Gasteiger partial charge in [0, 0.05) is 44.3 Å². The van der Waals surface area contributed by atoms with Crippen LogP contribution in [0, 0.1) is 0 Å². The van der Waals surface area contributed by atoms with Crippen LogP contribution in [0.2, 0.25) is 0 Å². The van der Waals surface area contributed by atoms with Gasteiger partial charge in [0.05, 0.1) is 6.33 Å². The zero-order valence-electron chi connectivity index (χ0n) is 19.9. The van der Waals surface area contributed by atoms with Gasteiger partial charge in [-0.25, -0.2) is 9.71 Å². The number of nitrogens with two attached hydrogens (primary N) is 1. The number of nitrogens with one attached hydrogen (secondary N) is 3. The van der Waals surface area contributed by atoms with E-state index in [-0.39, 0.29) is 6.04 Å². The second kappa shape index (κ2) is 9.92. The van der Waals surface area contributed by atoms with Gasteiger partial charge in [-0.05, 0) is 51.4 Å². The highest BCUT2D eigenvalue weighted by Gasteiger charge is 2.29. The lowest BCUT2D eigenvalue weighted by molar-refractivity contribution is 0.326. The molecule has 3 aliphatic rings. The van der Waals surface area contributed by atoms with Crippen molar-refractivity contribution < 1.29 is 8.42 Å². The Balaban J connectivity index is 1.38. The Labute approximate surface area is 201 Å². The first-order chi connectivity index (χ1) is 16.4. The lowest BCUT2D eigenvalue weighted by Gasteiger charge is -2.31. The Morgan fingerprint density at radius 2 is 1.62 bits per heavy atom. The maximum absolute atomic E-state index is 12.1. The number of fused-ring (bicyclic) bond motifs is 1. The lowest BCUT2D eigenvalue weighted by atomic mass is 9.92. The normalized spacial score (nSPS) is 25.7. The first-order valence-corrected chi connectivity index (χ1v) is 14.1. The summed E-state index contributed by atoms with van der Waals surface area (Å²) in [7, 11) is -1.94. The standard InChI is InChI=1S/C22H37N9O2S/c1-24-34(32,33)30-12-10-17(11-13-30)26-20-19-21(31(14-25-19)18-4-2-3-5-18)29-22(28-20)27-16-8-6-15(23)7-9-16/h14-18,24H,2-13,23H2,1H3,(H2,26,27,28,29). The topological polar surface area (TPSA) is 143 Å². The summed E-state index contributed by atoms with van der Waals surface area (Å²) in [6.45, 7) is 0.942. The monoisotopic (exact) mass is 491 g/mol. The van der Waals surface area contributed by atoms with Crippen LogP contribution in [0.15, 0.2) is 6.33 Å². The van der Waals surface area contributed by atoms with E-state index in [0.717, 1.165) is 55.5 Å². The van der Waals surface area contributed by atoms with E-state index in [1.807, 2.05) is 6.33 Å². The first kappa shape index (κ1) is 23.7. The zero-order valence-corrected chi connectivity index (χ0v) is 20.7. The van der Waals surface area contributed by atoms with Crippen molar-refractivity contribution in [1.29, 1.82) is 0 Å². The molecule has 0 spiro atoms. The molecule has 12 heteroatoms. The maximum atomic E-state index is 12.1. The van der Waals surface area contributed by atoms with Crippen molar-refractivity contribution in [2.75, 3.05) is 30.8 Å². The molecule has 3 fully saturated rings. The third-order valence-electron chi connectivity index (χ3n) is 7.64. The summed E-state index contributed by atoms with van der Waals surface area (Å²) in [5, 5.41) is 7.13. The Hall–Kier alpha value is -2.02. The van der Waals surface area contributed by atoms with Crippen LogP contribution in [0.1, 0.15) is 70.3 Å². The van der Waals surface area contributed by atoms with Crippen molar-refractivity contribution in [2.45, 2.75) is 88.4 Å². The van der Waals surface area contributed by atoms with Gasteiger partial charge >= 0.3 is 0 Å². The van der Waals surface area contributed by atoms with Crippen LogP contribution in [-0.4, -0.2) is 70.5 Å². The molecule has 0 bridgehead atoms. The Morgan fingerprint density at radius 3 is 2.29 bits per heavy atom. The molecule has 0 atom stereocenters. The van der Waals surface area contributed by atoms with Crippen molar-refractivity contribution in [3.63, 3.8) is 0 Å². The number of imidazole rings is 1. The largest absolute Gasteiger partial charge is 0.365 e. The van der Waals surface area contributed by atoms with Crippen molar-refractivity contribution in [3.8, 4) is 0 Å². The number of anilines is 2. The van der Waals surface area contributed by atoms with E-state index in [0.29, 0.717) is 50.0 Å². The maximum Gasteiger partial charge on any atom is 0.279 e. The number of piperidine rings is 1. The van der Waals surface area contributed by atoms with Gasteiger partial charge < -0.3 is 20.9 Å². The Bertz CT molecular complexity index is 1080. The van der Waals surface area contributed by atoms with Crippen LogP contribution in [0.5, 0.6) is 0 Å². The number of hydrogen-bond donors (Lipinski definition) is 4. The predicted octanol–water partition coefficient (Wildman–Crippen LogP) is 1.96. The molecule has 34 heavy (non-hydrogen) atoms. The van der Waals surface area contributed by atoms with Crippen LogP contribution in [0.4, 0.5) is 11.8 Å². The van der Waals surface area contributed by atoms with Crippen molar-refractivity contribution >= 4 is 33.1 Å². The van der Waals surface area contributed by atoms with Crippen molar-refractivity contribution in [3.05, 3.63) is 6.33 Å². The molecule has 2 aromatic rings. The van der Waals surface area contributed by atoms with E-state index in [1.54, 1.807) is 0 Å². The second-order valence-corrected chi connectivity index (χ2v) is 11.8. The van der Waals surface area contributed by atoms with Gasteiger partial charge in [-0.2, -0.15) is 22.7 Å². The molecule has 3 heterocycles. The molecule has 1 aliphatic heterocycles. The zero-order chi connectivity index (χ0) is 23.7. The highest BCUT2D eigenvalue weighted by atomic mass is 32.2. The van der Waals surface area contributed by atoms with Crippen LogP contribution < -0.4 is 21.1 Å². The molecule has 0 amide bonds. The molecular weight excluding hydrogens is 454 g/mol. The molecule has 2 aromatic heterocycles. The molecular formula is C22H37N9O2S. The molecule has 5 rings (SSSR count). The fourth-order valence-corrected chi connectivity index (χ4v) is 6.49. The molecule has 2 saturated carbocycles. The quantitative estimate of drug-likeness (QED) is 0.460. The third-order valence-corrected chi connectivity index (χ3v) is 9.20. The summed E-state index contributed by atoms with van der Waals surface area (Å²) in [5.41, 5.74) is 7.74.